The van der Waals surface area contributed by atoms with Crippen molar-refractivity contribution < 1.29 is 4.74 Å². The van der Waals surface area contributed by atoms with Crippen molar-refractivity contribution >= 4 is 17.4 Å². The molecule has 2 aromatic rings. The Balaban J connectivity index is 2.54. The Morgan fingerprint density at radius 2 is 2.13 bits per heavy atom. The minimum absolute atomic E-state index is 0.465. The summed E-state index contributed by atoms with van der Waals surface area (Å²) in [4.78, 5) is 0. The van der Waals surface area contributed by atoms with Crippen LogP contribution in [0.2, 0.25) is 5.02 Å². The van der Waals surface area contributed by atoms with Crippen LogP contribution < -0.4 is 10.5 Å². The third-order valence-electron chi connectivity index (χ3n) is 2.00. The molecule has 1 heterocycles. The first-order valence-corrected chi connectivity index (χ1v) is 4.74. The van der Waals surface area contributed by atoms with Gasteiger partial charge < -0.3 is 10.5 Å². The highest BCUT2D eigenvalue weighted by Crippen LogP contribution is 2.24. The molecule has 0 bridgehead atoms. The summed E-state index contributed by atoms with van der Waals surface area (Å²) in [6.45, 7) is 0. The molecule has 0 amide bonds. The van der Waals surface area contributed by atoms with Gasteiger partial charge in [-0.1, -0.05) is 23.7 Å². The summed E-state index contributed by atoms with van der Waals surface area (Å²) in [6.07, 6.45) is 0. The molecular formula is C10H10ClN3O. The lowest BCUT2D eigenvalue weighted by atomic mass is 10.3. The second-order valence-corrected chi connectivity index (χ2v) is 3.38. The van der Waals surface area contributed by atoms with Gasteiger partial charge in [-0.3, -0.25) is 0 Å². The fourth-order valence-corrected chi connectivity index (χ4v) is 1.50. The summed E-state index contributed by atoms with van der Waals surface area (Å²) in [6, 6.07) is 8.98. The SMILES string of the molecule is COc1cc(N)n(-c2ccccc2Cl)n1. The molecule has 2 rings (SSSR count). The Labute approximate surface area is 92.2 Å². The molecule has 0 aliphatic heterocycles. The van der Waals surface area contributed by atoms with Gasteiger partial charge in [-0.2, -0.15) is 0 Å². The maximum absolute atomic E-state index is 6.03. The number of methoxy groups -OCH3 is 1. The summed E-state index contributed by atoms with van der Waals surface area (Å²) in [5.41, 5.74) is 6.52. The Kier molecular flexibility index (Phi) is 2.51. The van der Waals surface area contributed by atoms with Crippen LogP contribution in [-0.2, 0) is 0 Å². The van der Waals surface area contributed by atoms with Crippen molar-refractivity contribution in [1.82, 2.24) is 9.78 Å². The molecule has 1 aromatic carbocycles. The number of nitrogen functional groups attached to an aromatic ring is 1. The summed E-state index contributed by atoms with van der Waals surface area (Å²) in [5.74, 6) is 0.951. The lowest BCUT2D eigenvalue weighted by molar-refractivity contribution is 0.394. The van der Waals surface area contributed by atoms with Crippen LogP contribution in [0.15, 0.2) is 30.3 Å². The van der Waals surface area contributed by atoms with Crippen LogP contribution in [0.3, 0.4) is 0 Å². The molecule has 0 aliphatic carbocycles. The fraction of sp³-hybridized carbons (Fsp3) is 0.100. The molecule has 0 spiro atoms. The van der Waals surface area contributed by atoms with Crippen LogP contribution in [-0.4, -0.2) is 16.9 Å². The number of nitrogens with two attached hydrogens (primary N) is 1. The van der Waals surface area contributed by atoms with Crippen LogP contribution in [0, 0.1) is 0 Å². The molecule has 0 fully saturated rings. The van der Waals surface area contributed by atoms with Crippen molar-refractivity contribution in [3.63, 3.8) is 0 Å². The van der Waals surface area contributed by atoms with Crippen LogP contribution in [0.5, 0.6) is 5.88 Å². The van der Waals surface area contributed by atoms with Gasteiger partial charge in [0.15, 0.2) is 0 Å². The summed E-state index contributed by atoms with van der Waals surface area (Å²) in [7, 11) is 1.54. The Hall–Kier alpha value is -1.68. The van der Waals surface area contributed by atoms with Crippen molar-refractivity contribution in [2.24, 2.45) is 0 Å². The van der Waals surface area contributed by atoms with Crippen molar-refractivity contribution in [2.45, 2.75) is 0 Å². The molecule has 4 nitrogen and oxygen atoms in total. The van der Waals surface area contributed by atoms with Crippen LogP contribution in [0.25, 0.3) is 5.69 Å². The molecule has 0 aliphatic rings. The van der Waals surface area contributed by atoms with E-state index in [0.29, 0.717) is 16.7 Å². The highest BCUT2D eigenvalue weighted by molar-refractivity contribution is 6.32. The average molecular weight is 224 g/mol. The standard InChI is InChI=1S/C10H10ClN3O/c1-15-10-6-9(12)14(13-10)8-5-3-2-4-7(8)11/h2-6H,12H2,1H3. The van der Waals surface area contributed by atoms with E-state index < -0.39 is 0 Å². The van der Waals surface area contributed by atoms with Gasteiger partial charge in [0.05, 0.1) is 17.8 Å². The van der Waals surface area contributed by atoms with Gasteiger partial charge in [-0.15, -0.1) is 5.10 Å². The number of nitrogens with zero attached hydrogens (tertiary/aromatic N) is 2. The maximum Gasteiger partial charge on any atom is 0.235 e. The number of rotatable bonds is 2. The van der Waals surface area contributed by atoms with Gasteiger partial charge in [-0.25, -0.2) is 4.68 Å². The molecule has 0 atom stereocenters. The van der Waals surface area contributed by atoms with E-state index in [2.05, 4.69) is 5.10 Å². The quantitative estimate of drug-likeness (QED) is 0.849. The summed E-state index contributed by atoms with van der Waals surface area (Å²) >= 11 is 6.03. The van der Waals surface area contributed by atoms with Crippen LogP contribution in [0.4, 0.5) is 5.82 Å². The average Bonchev–Trinajstić information content (AvgIpc) is 2.60. The second-order valence-electron chi connectivity index (χ2n) is 2.97. The van der Waals surface area contributed by atoms with Gasteiger partial charge in [0, 0.05) is 6.07 Å². The van der Waals surface area contributed by atoms with E-state index in [1.165, 1.54) is 0 Å². The summed E-state index contributed by atoms with van der Waals surface area (Å²) < 4.78 is 6.52. The third kappa shape index (κ3) is 1.76. The molecule has 1 aromatic heterocycles. The van der Waals surface area contributed by atoms with Gasteiger partial charge in [0.2, 0.25) is 5.88 Å². The zero-order chi connectivity index (χ0) is 10.8. The lowest BCUT2D eigenvalue weighted by Crippen LogP contribution is -2.02. The summed E-state index contributed by atoms with van der Waals surface area (Å²) in [5, 5.41) is 4.74. The Bertz CT molecular complexity index is 481. The topological polar surface area (TPSA) is 53.1 Å². The maximum atomic E-state index is 6.03. The van der Waals surface area contributed by atoms with Gasteiger partial charge in [0.25, 0.3) is 0 Å². The van der Waals surface area contributed by atoms with E-state index >= 15 is 0 Å². The molecular weight excluding hydrogens is 214 g/mol. The van der Waals surface area contributed by atoms with Crippen molar-refractivity contribution in [2.75, 3.05) is 12.8 Å². The normalized spacial score (nSPS) is 10.3. The van der Waals surface area contributed by atoms with E-state index in [9.17, 15) is 0 Å². The van der Waals surface area contributed by atoms with Crippen molar-refractivity contribution in [3.8, 4) is 11.6 Å². The molecule has 5 heteroatoms. The first-order chi connectivity index (χ1) is 7.22. The minimum Gasteiger partial charge on any atom is -0.480 e. The van der Waals surface area contributed by atoms with Crippen LogP contribution >= 0.6 is 11.6 Å². The van der Waals surface area contributed by atoms with Crippen molar-refractivity contribution in [3.05, 3.63) is 35.4 Å². The third-order valence-corrected chi connectivity index (χ3v) is 2.32. The smallest absolute Gasteiger partial charge is 0.235 e. The van der Waals surface area contributed by atoms with E-state index in [4.69, 9.17) is 22.1 Å². The molecule has 2 N–H and O–H groups in total. The van der Waals surface area contributed by atoms with Gasteiger partial charge in [-0.05, 0) is 12.1 Å². The zero-order valence-electron chi connectivity index (χ0n) is 8.14. The first kappa shape index (κ1) is 9.86. The number of benzene rings is 1. The molecule has 0 radical (unpaired) electrons. The lowest BCUT2D eigenvalue weighted by Gasteiger charge is -2.04. The molecule has 0 unspecified atom stereocenters. The monoisotopic (exact) mass is 223 g/mol. The molecule has 0 saturated carbocycles. The number of hydrogen-bond acceptors (Lipinski definition) is 3. The number of ether oxygens (including phenoxy) is 1. The Morgan fingerprint density at radius 3 is 2.73 bits per heavy atom. The highest BCUT2D eigenvalue weighted by Gasteiger charge is 2.09. The number of anilines is 1. The van der Waals surface area contributed by atoms with Crippen LogP contribution in [0.1, 0.15) is 0 Å². The fourth-order valence-electron chi connectivity index (χ4n) is 1.29. The van der Waals surface area contributed by atoms with E-state index in [-0.39, 0.29) is 0 Å². The molecule has 15 heavy (non-hydrogen) atoms. The van der Waals surface area contributed by atoms with Gasteiger partial charge in [0.1, 0.15) is 5.82 Å². The molecule has 0 saturated heterocycles. The van der Waals surface area contributed by atoms with Crippen molar-refractivity contribution in [1.29, 1.82) is 0 Å². The number of hydrogen-bond donors (Lipinski definition) is 1. The number of para-hydroxylation sites is 1. The van der Waals surface area contributed by atoms with E-state index in [1.807, 2.05) is 18.2 Å². The predicted octanol–water partition coefficient (Wildman–Crippen LogP) is 2.12. The largest absolute Gasteiger partial charge is 0.480 e. The minimum atomic E-state index is 0.465. The number of aromatic nitrogens is 2. The first-order valence-electron chi connectivity index (χ1n) is 4.37. The van der Waals surface area contributed by atoms with E-state index in [0.717, 1.165) is 5.69 Å². The zero-order valence-corrected chi connectivity index (χ0v) is 8.90. The highest BCUT2D eigenvalue weighted by atomic mass is 35.5. The van der Waals surface area contributed by atoms with E-state index in [1.54, 1.807) is 23.9 Å². The number of halogens is 1. The molecule has 78 valence electrons. The second kappa shape index (κ2) is 3.82. The Morgan fingerprint density at radius 1 is 1.40 bits per heavy atom. The van der Waals surface area contributed by atoms with Gasteiger partial charge >= 0.3 is 0 Å². The predicted molar refractivity (Wildman–Crippen MR) is 59.5 cm³/mol.